The summed E-state index contributed by atoms with van der Waals surface area (Å²) in [5.41, 5.74) is 0. The first kappa shape index (κ1) is 12.4. The van der Waals surface area contributed by atoms with Gasteiger partial charge in [0.25, 0.3) is 11.0 Å². The van der Waals surface area contributed by atoms with Gasteiger partial charge in [0.1, 0.15) is 0 Å². The summed E-state index contributed by atoms with van der Waals surface area (Å²) < 4.78 is 2.71. The van der Waals surface area contributed by atoms with Gasteiger partial charge in [0.15, 0.2) is 0 Å². The van der Waals surface area contributed by atoms with Gasteiger partial charge < -0.3 is 6.16 Å². The Morgan fingerprint density at radius 1 is 1.75 bits per heavy atom. The normalized spacial score (nSPS) is 9.38. The van der Waals surface area contributed by atoms with Crippen LogP contribution < -0.4 is 51.4 Å². The van der Waals surface area contributed by atoms with E-state index in [1.807, 2.05) is 0 Å². The van der Waals surface area contributed by atoms with Gasteiger partial charge >= 0.3 is 51.4 Å². The Bertz CT molecular complexity index is 74.7. The van der Waals surface area contributed by atoms with Gasteiger partial charge in [0.05, 0.1) is 0 Å². The second-order valence-electron chi connectivity index (χ2n) is 1.02. The maximum atomic E-state index is 9.43. The van der Waals surface area contributed by atoms with E-state index in [-0.39, 0.29) is 59.3 Å². The smallest absolute Gasteiger partial charge is 1.00 e. The third-order valence-corrected chi connectivity index (χ3v) is 0.433. The summed E-state index contributed by atoms with van der Waals surface area (Å²) in [6.07, 6.45) is 0. The Morgan fingerprint density at radius 2 is 2.12 bits per heavy atom. The van der Waals surface area contributed by atoms with Crippen molar-refractivity contribution >= 4 is 29.7 Å². The number of halogens is 2. The molecule has 0 saturated carbocycles. The van der Waals surface area contributed by atoms with Crippen LogP contribution in [0.1, 0.15) is 8.35 Å². The van der Waals surface area contributed by atoms with Crippen molar-refractivity contribution in [1.82, 2.24) is 0 Å². The Kier molecular flexibility index (Phi) is 8.46. The molecule has 2 nitrogen and oxygen atoms in total. The van der Waals surface area contributed by atoms with E-state index in [4.69, 9.17) is 23.2 Å². The second kappa shape index (κ2) is 5.47. The van der Waals surface area contributed by atoms with E-state index in [0.717, 1.165) is 0 Å². The average molecular weight is 183 g/mol. The molecule has 44 valence electrons. The minimum atomic E-state index is -1.37. The summed E-state index contributed by atoms with van der Waals surface area (Å²) in [7, 11) is 0. The number of carbonyl (C=O) groups excluding carboxylic acids is 1. The first-order valence-corrected chi connectivity index (χ1v) is 2.31. The van der Waals surface area contributed by atoms with E-state index in [1.165, 1.54) is 6.92 Å². The number of hydrogen-bond donors (Lipinski definition) is 0. The van der Waals surface area contributed by atoms with Crippen molar-refractivity contribution in [3.8, 4) is 0 Å². The average Bonchev–Trinajstić information content (AvgIpc) is 1.30. The monoisotopic (exact) mass is 182 g/mol. The Hall–Kier alpha value is 1.69. The second-order valence-corrected chi connectivity index (χ2v) is 2.66. The SMILES string of the molecule is CC(Cl)(Cl)OC=O.[H-].[K+]. The van der Waals surface area contributed by atoms with Crippen LogP contribution in [-0.2, 0) is 9.53 Å². The van der Waals surface area contributed by atoms with Gasteiger partial charge in [0, 0.05) is 6.92 Å². The van der Waals surface area contributed by atoms with Crippen LogP contribution in [0.5, 0.6) is 0 Å². The molecule has 0 fully saturated rings. The van der Waals surface area contributed by atoms with Crippen molar-refractivity contribution in [3.63, 3.8) is 0 Å². The molecular weight excluding hydrogens is 178 g/mol. The molecule has 0 bridgehead atoms. The van der Waals surface area contributed by atoms with Crippen molar-refractivity contribution in [3.05, 3.63) is 0 Å². The van der Waals surface area contributed by atoms with Gasteiger partial charge in [-0.2, -0.15) is 0 Å². The zero-order valence-electron chi connectivity index (χ0n) is 5.65. The topological polar surface area (TPSA) is 26.3 Å². The number of hydrogen-bond acceptors (Lipinski definition) is 2. The minimum Gasteiger partial charge on any atom is -1.00 e. The third-order valence-electron chi connectivity index (χ3n) is 0.255. The van der Waals surface area contributed by atoms with Crippen molar-refractivity contribution in [1.29, 1.82) is 0 Å². The van der Waals surface area contributed by atoms with Crippen LogP contribution in [0.15, 0.2) is 0 Å². The van der Waals surface area contributed by atoms with Crippen LogP contribution in [-0.4, -0.2) is 11.0 Å². The first-order chi connectivity index (χ1) is 3.06. The molecule has 0 spiro atoms. The van der Waals surface area contributed by atoms with Crippen LogP contribution >= 0.6 is 23.2 Å². The fourth-order valence-corrected chi connectivity index (χ4v) is 0.157. The van der Waals surface area contributed by atoms with Gasteiger partial charge in [-0.25, -0.2) is 0 Å². The van der Waals surface area contributed by atoms with Gasteiger partial charge in [-0.3, -0.25) is 4.79 Å². The van der Waals surface area contributed by atoms with Crippen molar-refractivity contribution in [2.24, 2.45) is 0 Å². The number of alkyl halides is 2. The summed E-state index contributed by atoms with van der Waals surface area (Å²) >= 11 is 10.3. The fourth-order valence-electron chi connectivity index (χ4n) is 0.0845. The molecule has 0 aromatic heterocycles. The molecule has 0 aromatic carbocycles. The molecule has 0 unspecified atom stereocenters. The summed E-state index contributed by atoms with van der Waals surface area (Å²) in [6.45, 7) is 1.55. The molecule has 0 aliphatic carbocycles. The maximum Gasteiger partial charge on any atom is 1.00 e. The zero-order valence-corrected chi connectivity index (χ0v) is 9.28. The quantitative estimate of drug-likeness (QED) is 0.293. The van der Waals surface area contributed by atoms with Crippen LogP contribution in [0, 0.1) is 0 Å². The van der Waals surface area contributed by atoms with Gasteiger partial charge in [-0.1, -0.05) is 23.2 Å². The molecule has 0 aliphatic heterocycles. The van der Waals surface area contributed by atoms with E-state index in [1.54, 1.807) is 0 Å². The predicted molar refractivity (Wildman–Crippen MR) is 28.4 cm³/mol. The molecule has 5 heteroatoms. The predicted octanol–water partition coefficient (Wildman–Crippen LogP) is -1.57. The zero-order chi connectivity index (χ0) is 5.91. The van der Waals surface area contributed by atoms with Gasteiger partial charge in [-0.15, -0.1) is 0 Å². The fraction of sp³-hybridized carbons (Fsp3) is 0.667. The van der Waals surface area contributed by atoms with E-state index < -0.39 is 4.52 Å². The van der Waals surface area contributed by atoms with E-state index in [9.17, 15) is 4.79 Å². The standard InChI is InChI=1S/C3H4Cl2O2.K.H/c1-3(4,5)7-2-6;;/h2H,1H3;;/q;+1;-1. The molecule has 0 heterocycles. The molecule has 0 aliphatic rings. The Morgan fingerprint density at radius 3 is 2.12 bits per heavy atom. The molecule has 0 aromatic rings. The van der Waals surface area contributed by atoms with E-state index >= 15 is 0 Å². The van der Waals surface area contributed by atoms with Crippen LogP contribution in [0.25, 0.3) is 0 Å². The maximum absolute atomic E-state index is 9.43. The van der Waals surface area contributed by atoms with Crippen molar-refractivity contribution < 1.29 is 62.3 Å². The summed E-state index contributed by atoms with van der Waals surface area (Å²) in [5, 5.41) is 0. The molecule has 0 atom stereocenters. The van der Waals surface area contributed by atoms with E-state index in [0.29, 0.717) is 0 Å². The Balaban J connectivity index is -0.000000180. The van der Waals surface area contributed by atoms with Crippen molar-refractivity contribution in [2.75, 3.05) is 0 Å². The van der Waals surface area contributed by atoms with Crippen LogP contribution in [0.4, 0.5) is 0 Å². The van der Waals surface area contributed by atoms with Gasteiger partial charge in [-0.05, 0) is 0 Å². The molecule has 0 amide bonds. The molecule has 0 N–H and O–H groups in total. The Labute approximate surface area is 102 Å². The molecule has 0 rings (SSSR count). The van der Waals surface area contributed by atoms with Crippen molar-refractivity contribution in [2.45, 2.75) is 11.4 Å². The summed E-state index contributed by atoms with van der Waals surface area (Å²) in [5.74, 6) is 0. The molecule has 0 saturated heterocycles. The van der Waals surface area contributed by atoms with Gasteiger partial charge in [0.2, 0.25) is 0 Å². The van der Waals surface area contributed by atoms with Crippen LogP contribution in [0.2, 0.25) is 0 Å². The molecule has 8 heavy (non-hydrogen) atoms. The minimum absolute atomic E-state index is 0. The largest absolute Gasteiger partial charge is 1.00 e. The third kappa shape index (κ3) is 10.6. The molecular formula is C3H5Cl2KO2. The number of ether oxygens (including phenoxy) is 1. The summed E-state index contributed by atoms with van der Waals surface area (Å²) in [4.78, 5) is 9.43. The summed E-state index contributed by atoms with van der Waals surface area (Å²) in [6, 6.07) is 0. The van der Waals surface area contributed by atoms with Crippen LogP contribution in [0.3, 0.4) is 0 Å². The molecule has 0 radical (unpaired) electrons. The number of rotatable bonds is 2. The number of carbonyl (C=O) groups is 1. The van der Waals surface area contributed by atoms with E-state index in [2.05, 4.69) is 4.74 Å². The first-order valence-electron chi connectivity index (χ1n) is 1.55.